The molecule has 0 bridgehead atoms. The van der Waals surface area contributed by atoms with E-state index in [-0.39, 0.29) is 5.91 Å². The van der Waals surface area contributed by atoms with Gasteiger partial charge in [0.15, 0.2) is 0 Å². The maximum atomic E-state index is 12.1. The summed E-state index contributed by atoms with van der Waals surface area (Å²) < 4.78 is 6.61. The molecule has 5 heteroatoms. The topological polar surface area (TPSA) is 38.3 Å². The number of quaternary nitrogens is 1. The minimum absolute atomic E-state index is 0.0291. The standard InChI is InChI=1S/C21H30N2O2S/c1-23(2,3)15-14-22-21(24)18-10-12-19(13-11-18)25-16-6-4-5-8-20-9-7-17-26-20/h7,9-13,17H,4-6,8,14-16H2,1-3H3/p+1. The summed E-state index contributed by atoms with van der Waals surface area (Å²) in [4.78, 5) is 13.6. The van der Waals surface area contributed by atoms with E-state index >= 15 is 0 Å². The molecule has 1 heterocycles. The molecule has 142 valence electrons. The van der Waals surface area contributed by atoms with Crippen molar-refractivity contribution in [2.45, 2.75) is 25.7 Å². The molecule has 1 aromatic heterocycles. The molecule has 1 amide bonds. The summed E-state index contributed by atoms with van der Waals surface area (Å²) in [6.45, 7) is 2.30. The summed E-state index contributed by atoms with van der Waals surface area (Å²) in [5, 5.41) is 5.09. The van der Waals surface area contributed by atoms with E-state index in [4.69, 9.17) is 4.74 Å². The van der Waals surface area contributed by atoms with Crippen molar-refractivity contribution in [3.63, 3.8) is 0 Å². The first kappa shape index (κ1) is 20.5. The third kappa shape index (κ3) is 8.02. The van der Waals surface area contributed by atoms with Crippen LogP contribution in [0.3, 0.4) is 0 Å². The molecule has 0 fully saturated rings. The Balaban J connectivity index is 1.61. The van der Waals surface area contributed by atoms with Crippen LogP contribution in [0.4, 0.5) is 0 Å². The van der Waals surface area contributed by atoms with Crippen molar-refractivity contribution in [3.8, 4) is 5.75 Å². The van der Waals surface area contributed by atoms with Crippen LogP contribution in [0.25, 0.3) is 0 Å². The molecule has 0 spiro atoms. The number of carbonyl (C=O) groups excluding carboxylic acids is 1. The van der Waals surface area contributed by atoms with Gasteiger partial charge in [0, 0.05) is 10.4 Å². The Morgan fingerprint density at radius 2 is 1.85 bits per heavy atom. The van der Waals surface area contributed by atoms with Crippen LogP contribution in [0, 0.1) is 0 Å². The van der Waals surface area contributed by atoms with Crippen molar-refractivity contribution in [1.82, 2.24) is 5.32 Å². The molecule has 0 aliphatic rings. The number of ether oxygens (including phenoxy) is 1. The van der Waals surface area contributed by atoms with Crippen LogP contribution in [-0.2, 0) is 6.42 Å². The van der Waals surface area contributed by atoms with E-state index in [1.807, 2.05) is 35.6 Å². The number of carbonyl (C=O) groups is 1. The van der Waals surface area contributed by atoms with E-state index in [1.165, 1.54) is 17.7 Å². The molecular formula is C21H31N2O2S+. The third-order valence-corrected chi connectivity index (χ3v) is 5.04. The van der Waals surface area contributed by atoms with Gasteiger partial charge in [0.25, 0.3) is 5.91 Å². The lowest BCUT2D eigenvalue weighted by Crippen LogP contribution is -2.41. The summed E-state index contributed by atoms with van der Waals surface area (Å²) in [5.74, 6) is 0.796. The Labute approximate surface area is 161 Å². The summed E-state index contributed by atoms with van der Waals surface area (Å²) >= 11 is 1.83. The van der Waals surface area contributed by atoms with E-state index in [2.05, 4.69) is 44.0 Å². The molecule has 0 saturated heterocycles. The summed E-state index contributed by atoms with van der Waals surface area (Å²) in [6, 6.07) is 11.7. The highest BCUT2D eigenvalue weighted by molar-refractivity contribution is 7.09. The second-order valence-corrected chi connectivity index (χ2v) is 8.56. The molecule has 1 N–H and O–H groups in total. The van der Waals surface area contributed by atoms with Crippen molar-refractivity contribution in [2.75, 3.05) is 40.8 Å². The molecule has 26 heavy (non-hydrogen) atoms. The first-order chi connectivity index (χ1) is 12.4. The van der Waals surface area contributed by atoms with Gasteiger partial charge in [-0.1, -0.05) is 6.07 Å². The molecule has 4 nitrogen and oxygen atoms in total. The number of nitrogens with zero attached hydrogens (tertiary/aromatic N) is 1. The first-order valence-corrected chi connectivity index (χ1v) is 10.2. The summed E-state index contributed by atoms with van der Waals surface area (Å²) in [5.41, 5.74) is 0.676. The van der Waals surface area contributed by atoms with Gasteiger partial charge < -0.3 is 14.5 Å². The third-order valence-electron chi connectivity index (χ3n) is 4.10. The molecular weight excluding hydrogens is 344 g/mol. The van der Waals surface area contributed by atoms with Crippen molar-refractivity contribution >= 4 is 17.2 Å². The number of likely N-dealkylation sites (N-methyl/N-ethyl adjacent to an activating group) is 1. The molecule has 0 unspecified atom stereocenters. The van der Waals surface area contributed by atoms with Gasteiger partial charge in [-0.15, -0.1) is 11.3 Å². The Morgan fingerprint density at radius 1 is 1.08 bits per heavy atom. The predicted molar refractivity (Wildman–Crippen MR) is 109 cm³/mol. The number of amides is 1. The Bertz CT molecular complexity index is 646. The van der Waals surface area contributed by atoms with Crippen molar-refractivity contribution < 1.29 is 14.0 Å². The molecule has 0 radical (unpaired) electrons. The van der Waals surface area contributed by atoms with Gasteiger partial charge in [0.1, 0.15) is 5.75 Å². The molecule has 2 rings (SSSR count). The normalized spacial score (nSPS) is 11.3. The first-order valence-electron chi connectivity index (χ1n) is 9.28. The SMILES string of the molecule is C[N+](C)(C)CCNC(=O)c1ccc(OCCCCCc2cccs2)cc1. The van der Waals surface area contributed by atoms with Gasteiger partial charge >= 0.3 is 0 Å². The fraction of sp³-hybridized carbons (Fsp3) is 0.476. The zero-order valence-corrected chi connectivity index (χ0v) is 17.0. The lowest BCUT2D eigenvalue weighted by molar-refractivity contribution is -0.869. The van der Waals surface area contributed by atoms with Crippen LogP contribution in [0.1, 0.15) is 34.5 Å². The smallest absolute Gasteiger partial charge is 0.251 e. The monoisotopic (exact) mass is 375 g/mol. The number of benzene rings is 1. The highest BCUT2D eigenvalue weighted by atomic mass is 32.1. The Hall–Kier alpha value is -1.85. The van der Waals surface area contributed by atoms with Gasteiger partial charge in [-0.05, 0) is 61.4 Å². The molecule has 2 aromatic rings. The maximum Gasteiger partial charge on any atom is 0.251 e. The van der Waals surface area contributed by atoms with Crippen LogP contribution in [0.2, 0.25) is 0 Å². The van der Waals surface area contributed by atoms with Crippen molar-refractivity contribution in [2.24, 2.45) is 0 Å². The fourth-order valence-corrected chi connectivity index (χ4v) is 3.28. The number of aryl methyl sites for hydroxylation is 1. The Morgan fingerprint density at radius 3 is 2.50 bits per heavy atom. The van der Waals surface area contributed by atoms with Gasteiger partial charge in [0.05, 0.1) is 40.8 Å². The number of unbranched alkanes of at least 4 members (excludes halogenated alkanes) is 2. The van der Waals surface area contributed by atoms with E-state index in [0.29, 0.717) is 12.1 Å². The number of hydrogen-bond donors (Lipinski definition) is 1. The molecule has 1 aromatic carbocycles. The molecule has 0 aliphatic heterocycles. The van der Waals surface area contributed by atoms with Crippen molar-refractivity contribution in [3.05, 3.63) is 52.2 Å². The highest BCUT2D eigenvalue weighted by Crippen LogP contribution is 2.15. The lowest BCUT2D eigenvalue weighted by Gasteiger charge is -2.23. The fourth-order valence-electron chi connectivity index (χ4n) is 2.53. The van der Waals surface area contributed by atoms with E-state index in [1.54, 1.807) is 0 Å². The van der Waals surface area contributed by atoms with Gasteiger partial charge in [-0.3, -0.25) is 4.79 Å². The zero-order valence-electron chi connectivity index (χ0n) is 16.2. The van der Waals surface area contributed by atoms with E-state index in [9.17, 15) is 4.79 Å². The van der Waals surface area contributed by atoms with E-state index in [0.717, 1.165) is 36.2 Å². The average molecular weight is 376 g/mol. The largest absolute Gasteiger partial charge is 0.494 e. The van der Waals surface area contributed by atoms with Crippen LogP contribution in [0.15, 0.2) is 41.8 Å². The zero-order chi connectivity index (χ0) is 18.8. The van der Waals surface area contributed by atoms with Crippen LogP contribution < -0.4 is 10.1 Å². The van der Waals surface area contributed by atoms with Gasteiger partial charge in [-0.25, -0.2) is 0 Å². The lowest BCUT2D eigenvalue weighted by atomic mass is 10.2. The number of hydrogen-bond acceptors (Lipinski definition) is 3. The minimum Gasteiger partial charge on any atom is -0.494 e. The van der Waals surface area contributed by atoms with Crippen LogP contribution in [0.5, 0.6) is 5.75 Å². The number of thiophene rings is 1. The van der Waals surface area contributed by atoms with Crippen LogP contribution in [-0.4, -0.2) is 51.2 Å². The molecule has 0 aliphatic carbocycles. The Kier molecular flexibility index (Phi) is 8.13. The summed E-state index contributed by atoms with van der Waals surface area (Å²) in [6.07, 6.45) is 4.59. The van der Waals surface area contributed by atoms with Gasteiger partial charge in [0.2, 0.25) is 0 Å². The number of nitrogens with one attached hydrogen (secondary N) is 1. The van der Waals surface area contributed by atoms with Gasteiger partial charge in [-0.2, -0.15) is 0 Å². The second-order valence-electron chi connectivity index (χ2n) is 7.53. The minimum atomic E-state index is -0.0291. The predicted octanol–water partition coefficient (Wildman–Crippen LogP) is 3.98. The summed E-state index contributed by atoms with van der Waals surface area (Å²) in [7, 11) is 6.33. The molecule has 0 saturated carbocycles. The van der Waals surface area contributed by atoms with Crippen LogP contribution >= 0.6 is 11.3 Å². The maximum absolute atomic E-state index is 12.1. The number of rotatable bonds is 11. The second kappa shape index (κ2) is 10.3. The van der Waals surface area contributed by atoms with E-state index < -0.39 is 0 Å². The quantitative estimate of drug-likeness (QED) is 0.477. The molecule has 0 atom stereocenters. The average Bonchev–Trinajstić information content (AvgIpc) is 3.10. The highest BCUT2D eigenvalue weighted by Gasteiger charge is 2.09. The van der Waals surface area contributed by atoms with Crippen molar-refractivity contribution in [1.29, 1.82) is 0 Å².